The summed E-state index contributed by atoms with van der Waals surface area (Å²) in [5.41, 5.74) is 7.95. The van der Waals surface area contributed by atoms with Gasteiger partial charge in [-0.2, -0.15) is 0 Å². The van der Waals surface area contributed by atoms with Gasteiger partial charge in [-0.1, -0.05) is 32.0 Å². The third-order valence-electron chi connectivity index (χ3n) is 5.21. The highest BCUT2D eigenvalue weighted by Gasteiger charge is 2.34. The Morgan fingerprint density at radius 3 is 2.50 bits per heavy atom. The van der Waals surface area contributed by atoms with Crippen LogP contribution in [0.15, 0.2) is 24.3 Å². The molecule has 2 heteroatoms. The minimum atomic E-state index is 0.286. The number of fused-ring (bicyclic) bond motifs is 1. The summed E-state index contributed by atoms with van der Waals surface area (Å²) in [6, 6.07) is 8.68. The van der Waals surface area contributed by atoms with Crippen LogP contribution in [0.2, 0.25) is 0 Å². The van der Waals surface area contributed by atoms with Crippen LogP contribution in [0.1, 0.15) is 38.7 Å². The van der Waals surface area contributed by atoms with E-state index in [0.717, 1.165) is 30.6 Å². The molecular weight excluding hydrogens is 246 g/mol. The SMILES string of the molecule is CC1CC(C)CC(C(N)C2COc3ccccc3C2)C1. The molecule has 0 radical (unpaired) electrons. The van der Waals surface area contributed by atoms with Gasteiger partial charge in [0.05, 0.1) is 6.61 Å². The zero-order valence-corrected chi connectivity index (χ0v) is 12.7. The van der Waals surface area contributed by atoms with Gasteiger partial charge < -0.3 is 10.5 Å². The summed E-state index contributed by atoms with van der Waals surface area (Å²) in [6.07, 6.45) is 5.04. The second-order valence-electron chi connectivity index (χ2n) is 7.14. The van der Waals surface area contributed by atoms with Gasteiger partial charge in [0.25, 0.3) is 0 Å². The maximum Gasteiger partial charge on any atom is 0.122 e. The van der Waals surface area contributed by atoms with E-state index in [9.17, 15) is 0 Å². The van der Waals surface area contributed by atoms with Crippen molar-refractivity contribution in [2.75, 3.05) is 6.61 Å². The molecule has 4 atom stereocenters. The Morgan fingerprint density at radius 2 is 1.75 bits per heavy atom. The van der Waals surface area contributed by atoms with E-state index in [1.54, 1.807) is 0 Å². The van der Waals surface area contributed by atoms with Crippen molar-refractivity contribution < 1.29 is 4.74 Å². The van der Waals surface area contributed by atoms with Gasteiger partial charge in [-0.25, -0.2) is 0 Å². The van der Waals surface area contributed by atoms with Crippen molar-refractivity contribution in [3.63, 3.8) is 0 Å². The highest BCUT2D eigenvalue weighted by atomic mass is 16.5. The molecule has 0 amide bonds. The molecule has 2 aliphatic rings. The highest BCUT2D eigenvalue weighted by molar-refractivity contribution is 5.35. The van der Waals surface area contributed by atoms with E-state index >= 15 is 0 Å². The molecule has 1 aromatic carbocycles. The van der Waals surface area contributed by atoms with Gasteiger partial charge in [0.2, 0.25) is 0 Å². The Hall–Kier alpha value is -1.02. The third-order valence-corrected chi connectivity index (χ3v) is 5.21. The molecule has 0 aromatic heterocycles. The number of nitrogens with two attached hydrogens (primary N) is 1. The average molecular weight is 273 g/mol. The van der Waals surface area contributed by atoms with E-state index in [4.69, 9.17) is 10.5 Å². The molecule has 1 aliphatic heterocycles. The molecule has 0 spiro atoms. The van der Waals surface area contributed by atoms with E-state index < -0.39 is 0 Å². The van der Waals surface area contributed by atoms with Crippen molar-refractivity contribution in [2.24, 2.45) is 29.4 Å². The van der Waals surface area contributed by atoms with Crippen molar-refractivity contribution in [2.45, 2.75) is 45.6 Å². The number of rotatable bonds is 2. The Kier molecular flexibility index (Phi) is 4.02. The average Bonchev–Trinajstić information content (AvgIpc) is 2.45. The summed E-state index contributed by atoms with van der Waals surface area (Å²) in [4.78, 5) is 0. The maximum atomic E-state index is 6.62. The monoisotopic (exact) mass is 273 g/mol. The van der Waals surface area contributed by atoms with Gasteiger partial charge in [0, 0.05) is 12.0 Å². The molecule has 4 unspecified atom stereocenters. The number of para-hydroxylation sites is 1. The highest BCUT2D eigenvalue weighted by Crippen LogP contribution is 2.38. The summed E-state index contributed by atoms with van der Waals surface area (Å²) >= 11 is 0. The number of hydrogen-bond donors (Lipinski definition) is 1. The summed E-state index contributed by atoms with van der Waals surface area (Å²) in [6.45, 7) is 5.54. The molecule has 0 saturated heterocycles. The summed E-state index contributed by atoms with van der Waals surface area (Å²) < 4.78 is 5.92. The Labute approximate surface area is 122 Å². The van der Waals surface area contributed by atoms with Gasteiger partial charge in [-0.3, -0.25) is 0 Å². The predicted octanol–water partition coefficient (Wildman–Crippen LogP) is 3.64. The van der Waals surface area contributed by atoms with Crippen molar-refractivity contribution in [3.8, 4) is 5.75 Å². The zero-order valence-electron chi connectivity index (χ0n) is 12.7. The van der Waals surface area contributed by atoms with Crippen LogP contribution < -0.4 is 10.5 Å². The van der Waals surface area contributed by atoms with Crippen LogP contribution in [0, 0.1) is 23.7 Å². The standard InChI is InChI=1S/C18H27NO/c1-12-7-13(2)9-15(8-12)18(19)16-10-14-5-3-4-6-17(14)20-11-16/h3-6,12-13,15-16,18H,7-11,19H2,1-2H3. The van der Waals surface area contributed by atoms with Gasteiger partial charge in [0.15, 0.2) is 0 Å². The van der Waals surface area contributed by atoms with Crippen LogP contribution in [0.25, 0.3) is 0 Å². The van der Waals surface area contributed by atoms with E-state index in [2.05, 4.69) is 32.0 Å². The lowest BCUT2D eigenvalue weighted by molar-refractivity contribution is 0.125. The first-order chi connectivity index (χ1) is 9.63. The molecule has 2 nitrogen and oxygen atoms in total. The molecule has 2 N–H and O–H groups in total. The lowest BCUT2D eigenvalue weighted by atomic mass is 9.70. The van der Waals surface area contributed by atoms with Gasteiger partial charge in [-0.05, 0) is 55.1 Å². The molecule has 20 heavy (non-hydrogen) atoms. The molecular formula is C18H27NO. The lowest BCUT2D eigenvalue weighted by Crippen LogP contribution is -2.45. The predicted molar refractivity (Wildman–Crippen MR) is 82.8 cm³/mol. The molecule has 1 fully saturated rings. The van der Waals surface area contributed by atoms with Crippen LogP contribution in [-0.2, 0) is 6.42 Å². The molecule has 0 bridgehead atoms. The van der Waals surface area contributed by atoms with Crippen molar-refractivity contribution in [1.82, 2.24) is 0 Å². The first kappa shape index (κ1) is 13.9. The van der Waals surface area contributed by atoms with Crippen LogP contribution in [0.3, 0.4) is 0 Å². The second-order valence-corrected chi connectivity index (χ2v) is 7.14. The topological polar surface area (TPSA) is 35.2 Å². The first-order valence-corrected chi connectivity index (χ1v) is 8.09. The number of hydrogen-bond acceptors (Lipinski definition) is 2. The van der Waals surface area contributed by atoms with Crippen LogP contribution in [-0.4, -0.2) is 12.6 Å². The van der Waals surface area contributed by atoms with Gasteiger partial charge in [-0.15, -0.1) is 0 Å². The Bertz CT molecular complexity index is 448. The Balaban J connectivity index is 1.68. The fourth-order valence-electron chi connectivity index (χ4n) is 4.31. The maximum absolute atomic E-state index is 6.62. The minimum Gasteiger partial charge on any atom is -0.493 e. The van der Waals surface area contributed by atoms with E-state index in [0.29, 0.717) is 11.8 Å². The van der Waals surface area contributed by atoms with Gasteiger partial charge in [0.1, 0.15) is 5.75 Å². The molecule has 1 heterocycles. The molecule has 110 valence electrons. The van der Waals surface area contributed by atoms with Crippen LogP contribution >= 0.6 is 0 Å². The van der Waals surface area contributed by atoms with E-state index in [1.165, 1.54) is 24.8 Å². The van der Waals surface area contributed by atoms with Crippen molar-refractivity contribution >= 4 is 0 Å². The zero-order chi connectivity index (χ0) is 14.1. The fourth-order valence-corrected chi connectivity index (χ4v) is 4.31. The first-order valence-electron chi connectivity index (χ1n) is 8.09. The number of benzene rings is 1. The van der Waals surface area contributed by atoms with Crippen LogP contribution in [0.4, 0.5) is 0 Å². The van der Waals surface area contributed by atoms with Crippen molar-refractivity contribution in [1.29, 1.82) is 0 Å². The minimum absolute atomic E-state index is 0.286. The molecule has 3 rings (SSSR count). The Morgan fingerprint density at radius 1 is 1.05 bits per heavy atom. The quantitative estimate of drug-likeness (QED) is 0.893. The second kappa shape index (κ2) is 5.77. The van der Waals surface area contributed by atoms with Crippen LogP contribution in [0.5, 0.6) is 5.75 Å². The summed E-state index contributed by atoms with van der Waals surface area (Å²) in [7, 11) is 0. The lowest BCUT2D eigenvalue weighted by Gasteiger charge is -2.39. The van der Waals surface area contributed by atoms with Gasteiger partial charge >= 0.3 is 0 Å². The van der Waals surface area contributed by atoms with E-state index in [-0.39, 0.29) is 6.04 Å². The largest absolute Gasteiger partial charge is 0.493 e. The van der Waals surface area contributed by atoms with Crippen molar-refractivity contribution in [3.05, 3.63) is 29.8 Å². The smallest absolute Gasteiger partial charge is 0.122 e. The molecule has 1 saturated carbocycles. The number of ether oxygens (including phenoxy) is 1. The molecule has 1 aliphatic carbocycles. The molecule has 1 aromatic rings. The summed E-state index contributed by atoms with van der Waals surface area (Å²) in [5.74, 6) is 3.86. The van der Waals surface area contributed by atoms with E-state index in [1.807, 2.05) is 6.07 Å². The third kappa shape index (κ3) is 2.85. The normalized spacial score (nSPS) is 35.0. The fraction of sp³-hybridized carbons (Fsp3) is 0.667. The summed E-state index contributed by atoms with van der Waals surface area (Å²) in [5, 5.41) is 0.